The summed E-state index contributed by atoms with van der Waals surface area (Å²) in [5.41, 5.74) is 5.33. The summed E-state index contributed by atoms with van der Waals surface area (Å²) in [5, 5.41) is 12.6. The van der Waals surface area contributed by atoms with E-state index in [0.29, 0.717) is 28.1 Å². The zero-order valence-electron chi connectivity index (χ0n) is 21.8. The van der Waals surface area contributed by atoms with Crippen molar-refractivity contribution in [3.63, 3.8) is 0 Å². The maximum absolute atomic E-state index is 13.1. The summed E-state index contributed by atoms with van der Waals surface area (Å²) in [5.74, 6) is -1.58. The quantitative estimate of drug-likeness (QED) is 0.276. The molecule has 1 aromatic heterocycles. The van der Waals surface area contributed by atoms with Crippen LogP contribution in [0.1, 0.15) is 32.7 Å². The number of sulfonamides is 1. The van der Waals surface area contributed by atoms with Crippen molar-refractivity contribution in [1.82, 2.24) is 9.71 Å². The van der Waals surface area contributed by atoms with E-state index in [1.807, 2.05) is 37.3 Å². The number of aryl methyl sites for hydroxylation is 3. The topological polar surface area (TPSA) is 125 Å². The van der Waals surface area contributed by atoms with Crippen LogP contribution in [0.2, 0.25) is 0 Å². The van der Waals surface area contributed by atoms with Crippen molar-refractivity contribution in [2.75, 3.05) is 5.32 Å². The molecule has 4 aromatic rings. The normalized spacial score (nSPS) is 12.1. The predicted octanol–water partition coefficient (Wildman–Crippen LogP) is 4.90. The lowest BCUT2D eigenvalue weighted by atomic mass is 10.0. The van der Waals surface area contributed by atoms with Crippen LogP contribution in [0.15, 0.2) is 90.0 Å². The molecule has 0 saturated carbocycles. The molecule has 0 unspecified atom stereocenters. The van der Waals surface area contributed by atoms with E-state index in [4.69, 9.17) is 0 Å². The van der Waals surface area contributed by atoms with E-state index in [-0.39, 0.29) is 17.2 Å². The van der Waals surface area contributed by atoms with Gasteiger partial charge < -0.3 is 10.4 Å². The number of hydrogen-bond donors (Lipinski definition) is 3. The second-order valence-corrected chi connectivity index (χ2v) is 11.0. The van der Waals surface area contributed by atoms with Gasteiger partial charge in [-0.25, -0.2) is 8.42 Å². The Morgan fingerprint density at radius 2 is 1.56 bits per heavy atom. The summed E-state index contributed by atoms with van der Waals surface area (Å²) in [4.78, 5) is 28.6. The van der Waals surface area contributed by atoms with Crippen molar-refractivity contribution >= 4 is 27.6 Å². The van der Waals surface area contributed by atoms with Gasteiger partial charge in [0.25, 0.3) is 5.91 Å². The Kier molecular flexibility index (Phi) is 8.23. The van der Waals surface area contributed by atoms with E-state index in [2.05, 4.69) is 15.0 Å². The van der Waals surface area contributed by atoms with Crippen LogP contribution in [0.3, 0.4) is 0 Å². The molecule has 0 bridgehead atoms. The molecule has 3 aromatic carbocycles. The third-order valence-corrected chi connectivity index (χ3v) is 7.99. The first-order chi connectivity index (χ1) is 18.5. The van der Waals surface area contributed by atoms with Crippen LogP contribution in [0.5, 0.6) is 0 Å². The molecule has 39 heavy (non-hydrogen) atoms. The van der Waals surface area contributed by atoms with Crippen molar-refractivity contribution in [1.29, 1.82) is 0 Å². The number of nitrogens with one attached hydrogen (secondary N) is 2. The molecule has 0 spiro atoms. The van der Waals surface area contributed by atoms with Gasteiger partial charge in [-0.3, -0.25) is 14.6 Å². The molecular weight excluding hydrogens is 514 g/mol. The molecule has 0 radical (unpaired) electrons. The van der Waals surface area contributed by atoms with Gasteiger partial charge in [-0.05, 0) is 79.3 Å². The highest BCUT2D eigenvalue weighted by Gasteiger charge is 2.28. The highest BCUT2D eigenvalue weighted by Crippen LogP contribution is 2.25. The number of anilines is 1. The molecule has 1 amide bonds. The highest BCUT2D eigenvalue weighted by atomic mass is 32.2. The number of carbonyl (C=O) groups is 2. The third kappa shape index (κ3) is 6.76. The van der Waals surface area contributed by atoms with Crippen molar-refractivity contribution in [3.05, 3.63) is 113 Å². The molecule has 1 heterocycles. The predicted molar refractivity (Wildman–Crippen MR) is 150 cm³/mol. The zero-order chi connectivity index (χ0) is 28.2. The zero-order valence-corrected chi connectivity index (χ0v) is 22.6. The Labute approximate surface area is 227 Å². The summed E-state index contributed by atoms with van der Waals surface area (Å²) >= 11 is 0. The monoisotopic (exact) mass is 543 g/mol. The van der Waals surface area contributed by atoms with Gasteiger partial charge in [-0.1, -0.05) is 60.2 Å². The molecule has 200 valence electrons. The average Bonchev–Trinajstić information content (AvgIpc) is 2.88. The summed E-state index contributed by atoms with van der Waals surface area (Å²) in [6.45, 7) is 5.27. The Bertz CT molecular complexity index is 1600. The molecule has 3 N–H and O–H groups in total. The van der Waals surface area contributed by atoms with Crippen LogP contribution in [0, 0.1) is 20.8 Å². The number of aromatic nitrogens is 1. The van der Waals surface area contributed by atoms with Gasteiger partial charge in [0.1, 0.15) is 11.7 Å². The Balaban J connectivity index is 1.49. The number of hydrogen-bond acceptors (Lipinski definition) is 5. The summed E-state index contributed by atoms with van der Waals surface area (Å²) in [7, 11) is -4.06. The molecule has 0 aliphatic carbocycles. The number of carboxylic acids is 1. The van der Waals surface area contributed by atoms with Crippen molar-refractivity contribution in [2.24, 2.45) is 0 Å². The maximum Gasteiger partial charge on any atom is 0.322 e. The number of pyridine rings is 1. The van der Waals surface area contributed by atoms with E-state index in [1.54, 1.807) is 68.6 Å². The van der Waals surface area contributed by atoms with Crippen LogP contribution in [-0.2, 0) is 21.2 Å². The largest absolute Gasteiger partial charge is 0.480 e. The molecule has 0 fully saturated rings. The number of carbonyl (C=O) groups excluding carboxylic acids is 1. The maximum atomic E-state index is 13.1. The van der Waals surface area contributed by atoms with Crippen LogP contribution in [0.4, 0.5) is 5.69 Å². The lowest BCUT2D eigenvalue weighted by molar-refractivity contribution is -0.138. The number of carboxylic acid groups (broad SMARTS) is 1. The minimum Gasteiger partial charge on any atom is -0.480 e. The molecule has 8 nitrogen and oxygen atoms in total. The van der Waals surface area contributed by atoms with Gasteiger partial charge in [0.05, 0.1) is 4.90 Å². The van der Waals surface area contributed by atoms with E-state index in [1.165, 1.54) is 0 Å². The summed E-state index contributed by atoms with van der Waals surface area (Å²) < 4.78 is 28.6. The average molecular weight is 544 g/mol. The van der Waals surface area contributed by atoms with E-state index in [9.17, 15) is 23.1 Å². The van der Waals surface area contributed by atoms with Crippen LogP contribution >= 0.6 is 0 Å². The molecule has 9 heteroatoms. The van der Waals surface area contributed by atoms with E-state index >= 15 is 0 Å². The highest BCUT2D eigenvalue weighted by molar-refractivity contribution is 7.89. The lowest BCUT2D eigenvalue weighted by Gasteiger charge is -2.18. The molecule has 1 atom stereocenters. The minimum atomic E-state index is -4.06. The number of rotatable bonds is 9. The minimum absolute atomic E-state index is 0.0288. The Morgan fingerprint density at radius 3 is 2.18 bits per heavy atom. The van der Waals surface area contributed by atoms with Gasteiger partial charge in [0, 0.05) is 11.9 Å². The SMILES string of the molecule is Cc1cc(C)c(S(=O)(=O)N[C@@H](Cc2ccc(-c3cccc(NC(=O)c4ccccn4)c3)cc2)C(=O)O)c(C)c1. The van der Waals surface area contributed by atoms with Crippen molar-refractivity contribution in [3.8, 4) is 11.1 Å². The molecular formula is C30H29N3O5S. The standard InChI is InChI=1S/C30H29N3O5S/c1-19-15-20(2)28(21(3)16-19)39(37,38)33-27(30(35)36)17-22-10-12-23(13-11-22)24-7-6-8-25(18-24)32-29(34)26-9-4-5-14-31-26/h4-16,18,27,33H,17H2,1-3H3,(H,32,34)(H,35,36)/t27-/m0/s1. The van der Waals surface area contributed by atoms with Crippen LogP contribution in [0.25, 0.3) is 11.1 Å². The van der Waals surface area contributed by atoms with Gasteiger partial charge in [0.2, 0.25) is 10.0 Å². The summed E-state index contributed by atoms with van der Waals surface area (Å²) in [6, 6.07) is 21.8. The first-order valence-corrected chi connectivity index (χ1v) is 13.8. The molecule has 0 aliphatic rings. The second-order valence-electron chi connectivity index (χ2n) is 9.39. The fourth-order valence-corrected chi connectivity index (χ4v) is 6.20. The smallest absolute Gasteiger partial charge is 0.322 e. The number of benzene rings is 3. The summed E-state index contributed by atoms with van der Waals surface area (Å²) in [6.07, 6.45) is 1.52. The molecule has 0 saturated heterocycles. The van der Waals surface area contributed by atoms with Gasteiger partial charge in [-0.2, -0.15) is 4.72 Å². The number of nitrogens with zero attached hydrogens (tertiary/aromatic N) is 1. The second kappa shape index (κ2) is 11.6. The number of amides is 1. The van der Waals surface area contributed by atoms with E-state index < -0.39 is 22.0 Å². The van der Waals surface area contributed by atoms with Crippen molar-refractivity contribution < 1.29 is 23.1 Å². The molecule has 4 rings (SSSR count). The first-order valence-electron chi connectivity index (χ1n) is 12.3. The van der Waals surface area contributed by atoms with Gasteiger partial charge in [-0.15, -0.1) is 0 Å². The number of aliphatic carboxylic acids is 1. The molecule has 0 aliphatic heterocycles. The van der Waals surface area contributed by atoms with Crippen LogP contribution in [-0.4, -0.2) is 36.4 Å². The van der Waals surface area contributed by atoms with Gasteiger partial charge >= 0.3 is 5.97 Å². The Morgan fingerprint density at radius 1 is 0.872 bits per heavy atom. The lowest BCUT2D eigenvalue weighted by Crippen LogP contribution is -2.42. The third-order valence-electron chi connectivity index (χ3n) is 6.21. The first kappa shape index (κ1) is 27.7. The van der Waals surface area contributed by atoms with Crippen molar-refractivity contribution in [2.45, 2.75) is 38.1 Å². The van der Waals surface area contributed by atoms with Crippen LogP contribution < -0.4 is 10.0 Å². The van der Waals surface area contributed by atoms with Gasteiger partial charge in [0.15, 0.2) is 0 Å². The fourth-order valence-electron chi connectivity index (χ4n) is 4.55. The fraction of sp³-hybridized carbons (Fsp3) is 0.167. The van der Waals surface area contributed by atoms with E-state index in [0.717, 1.165) is 16.7 Å². The Hall–Kier alpha value is -4.34.